The van der Waals surface area contributed by atoms with Crippen LogP contribution in [0.5, 0.6) is 0 Å². The van der Waals surface area contributed by atoms with E-state index in [4.69, 9.17) is 0 Å². The largest absolute Gasteiger partial charge is 0.385 e. The molecule has 0 fully saturated rings. The summed E-state index contributed by atoms with van der Waals surface area (Å²) in [7, 11) is 0. The Balaban J connectivity index is 2.40. The minimum Gasteiger partial charge on any atom is -0.385 e. The van der Waals surface area contributed by atoms with Gasteiger partial charge in [-0.1, -0.05) is 27.7 Å². The van der Waals surface area contributed by atoms with Gasteiger partial charge < -0.3 is 15.5 Å². The Morgan fingerprint density at radius 3 is 2.29 bits per heavy atom. The van der Waals surface area contributed by atoms with E-state index in [1.165, 1.54) is 0 Å². The first-order chi connectivity index (χ1) is 10.1. The van der Waals surface area contributed by atoms with Crippen LogP contribution in [-0.4, -0.2) is 43.5 Å². The molecule has 0 bridgehead atoms. The lowest BCUT2D eigenvalue weighted by Crippen LogP contribution is -2.34. The fourth-order valence-electron chi connectivity index (χ4n) is 2.03. The van der Waals surface area contributed by atoms with Gasteiger partial charge in [-0.2, -0.15) is 0 Å². The first-order valence-corrected chi connectivity index (χ1v) is 7.91. The molecule has 4 heteroatoms. The summed E-state index contributed by atoms with van der Waals surface area (Å²) >= 11 is 0. The highest BCUT2D eigenvalue weighted by Crippen LogP contribution is 2.10. The zero-order valence-electron chi connectivity index (χ0n) is 13.8. The van der Waals surface area contributed by atoms with Crippen LogP contribution in [0.15, 0.2) is 24.3 Å². The normalized spacial score (nSPS) is 11.0. The van der Waals surface area contributed by atoms with Crippen molar-refractivity contribution >= 4 is 11.6 Å². The van der Waals surface area contributed by atoms with Crippen LogP contribution in [0.3, 0.4) is 0 Å². The van der Waals surface area contributed by atoms with Crippen molar-refractivity contribution in [2.24, 2.45) is 5.92 Å². The van der Waals surface area contributed by atoms with Gasteiger partial charge in [-0.25, -0.2) is 0 Å². The van der Waals surface area contributed by atoms with Crippen molar-refractivity contribution in [3.63, 3.8) is 0 Å². The number of nitrogens with zero attached hydrogens (tertiary/aromatic N) is 1. The molecule has 0 aliphatic rings. The number of nitrogens with one attached hydrogen (secondary N) is 2. The van der Waals surface area contributed by atoms with Gasteiger partial charge in [0.25, 0.3) is 5.91 Å². The Labute approximate surface area is 128 Å². The van der Waals surface area contributed by atoms with E-state index in [0.29, 0.717) is 18.0 Å². The molecular weight excluding hydrogens is 262 g/mol. The molecule has 118 valence electrons. The molecule has 4 nitrogen and oxygen atoms in total. The number of hydrogen-bond donors (Lipinski definition) is 2. The molecule has 2 N–H and O–H groups in total. The van der Waals surface area contributed by atoms with Gasteiger partial charge in [-0.05, 0) is 43.3 Å². The maximum absolute atomic E-state index is 12.0. The average Bonchev–Trinajstić information content (AvgIpc) is 2.50. The van der Waals surface area contributed by atoms with Gasteiger partial charge in [0.1, 0.15) is 0 Å². The molecular formula is C17H29N3O. The van der Waals surface area contributed by atoms with E-state index in [1.54, 1.807) is 0 Å². The lowest BCUT2D eigenvalue weighted by molar-refractivity contribution is 0.0949. The minimum absolute atomic E-state index is 0.00225. The van der Waals surface area contributed by atoms with Crippen LogP contribution >= 0.6 is 0 Å². The van der Waals surface area contributed by atoms with E-state index >= 15 is 0 Å². The summed E-state index contributed by atoms with van der Waals surface area (Å²) in [6.45, 7) is 13.2. The molecule has 0 aliphatic heterocycles. The second-order valence-electron chi connectivity index (χ2n) is 5.63. The molecule has 1 aromatic carbocycles. The summed E-state index contributed by atoms with van der Waals surface area (Å²) in [4.78, 5) is 14.3. The highest BCUT2D eigenvalue weighted by Gasteiger charge is 2.06. The quantitative estimate of drug-likeness (QED) is 0.735. The maximum atomic E-state index is 12.0. The van der Waals surface area contributed by atoms with Crippen molar-refractivity contribution in [1.29, 1.82) is 0 Å². The molecule has 1 amide bonds. The van der Waals surface area contributed by atoms with Crippen molar-refractivity contribution in [2.45, 2.75) is 27.7 Å². The summed E-state index contributed by atoms with van der Waals surface area (Å²) in [5.41, 5.74) is 1.77. The summed E-state index contributed by atoms with van der Waals surface area (Å²) in [5, 5.41) is 6.31. The van der Waals surface area contributed by atoms with Gasteiger partial charge in [-0.3, -0.25) is 4.79 Å². The van der Waals surface area contributed by atoms with Gasteiger partial charge in [0.15, 0.2) is 0 Å². The molecule has 1 rings (SSSR count). The Kier molecular flexibility index (Phi) is 7.83. The summed E-state index contributed by atoms with van der Waals surface area (Å²) in [6, 6.07) is 7.66. The fraction of sp³-hybridized carbons (Fsp3) is 0.588. The van der Waals surface area contributed by atoms with E-state index in [9.17, 15) is 4.79 Å². The van der Waals surface area contributed by atoms with E-state index < -0.39 is 0 Å². The number of amides is 1. The number of hydrogen-bond acceptors (Lipinski definition) is 3. The zero-order valence-corrected chi connectivity index (χ0v) is 13.8. The number of benzene rings is 1. The van der Waals surface area contributed by atoms with Crippen LogP contribution in [0.25, 0.3) is 0 Å². The first-order valence-electron chi connectivity index (χ1n) is 7.91. The molecule has 0 aromatic heterocycles. The smallest absolute Gasteiger partial charge is 0.251 e. The molecule has 0 radical (unpaired) electrons. The zero-order chi connectivity index (χ0) is 15.7. The highest BCUT2D eigenvalue weighted by atomic mass is 16.1. The van der Waals surface area contributed by atoms with E-state index in [-0.39, 0.29) is 5.91 Å². The molecule has 0 heterocycles. The third-order valence-corrected chi connectivity index (χ3v) is 3.47. The van der Waals surface area contributed by atoms with Gasteiger partial charge in [0, 0.05) is 30.9 Å². The van der Waals surface area contributed by atoms with Crippen LogP contribution in [0.4, 0.5) is 5.69 Å². The van der Waals surface area contributed by atoms with Crippen LogP contribution in [0.2, 0.25) is 0 Å². The molecule has 0 atom stereocenters. The predicted molar refractivity (Wildman–Crippen MR) is 89.9 cm³/mol. The van der Waals surface area contributed by atoms with Gasteiger partial charge >= 0.3 is 0 Å². The molecule has 1 aromatic rings. The third kappa shape index (κ3) is 6.63. The molecule has 0 aliphatic carbocycles. The second-order valence-corrected chi connectivity index (χ2v) is 5.63. The standard InChI is InChI=1S/C17H29N3O/c1-5-20(6-2)12-11-18-17(21)15-7-9-16(10-8-15)19-13-14(3)4/h7-10,14,19H,5-6,11-13H2,1-4H3,(H,18,21). The van der Waals surface area contributed by atoms with Crippen molar-refractivity contribution in [3.05, 3.63) is 29.8 Å². The molecule has 0 unspecified atom stereocenters. The van der Waals surface area contributed by atoms with Crippen LogP contribution in [0.1, 0.15) is 38.1 Å². The maximum Gasteiger partial charge on any atom is 0.251 e. The third-order valence-electron chi connectivity index (χ3n) is 3.47. The van der Waals surface area contributed by atoms with Gasteiger partial charge in [0.2, 0.25) is 0 Å². The Hall–Kier alpha value is -1.55. The monoisotopic (exact) mass is 291 g/mol. The van der Waals surface area contributed by atoms with Gasteiger partial charge in [0.05, 0.1) is 0 Å². The SMILES string of the molecule is CCN(CC)CCNC(=O)c1ccc(NCC(C)C)cc1. The van der Waals surface area contributed by atoms with Crippen LogP contribution in [0, 0.1) is 5.92 Å². The summed E-state index contributed by atoms with van der Waals surface area (Å²) in [5.74, 6) is 0.602. The lowest BCUT2D eigenvalue weighted by atomic mass is 10.1. The van der Waals surface area contributed by atoms with Crippen molar-refractivity contribution < 1.29 is 4.79 Å². The molecule has 0 saturated carbocycles. The Morgan fingerprint density at radius 1 is 1.14 bits per heavy atom. The second kappa shape index (κ2) is 9.40. The number of anilines is 1. The van der Waals surface area contributed by atoms with E-state index in [0.717, 1.165) is 31.9 Å². The number of carbonyl (C=O) groups is 1. The summed E-state index contributed by atoms with van der Waals surface area (Å²) in [6.07, 6.45) is 0. The topological polar surface area (TPSA) is 44.4 Å². The summed E-state index contributed by atoms with van der Waals surface area (Å²) < 4.78 is 0. The average molecular weight is 291 g/mol. The van der Waals surface area contributed by atoms with Crippen LogP contribution < -0.4 is 10.6 Å². The van der Waals surface area contributed by atoms with E-state index in [1.807, 2.05) is 24.3 Å². The fourth-order valence-corrected chi connectivity index (χ4v) is 2.03. The minimum atomic E-state index is -0.00225. The van der Waals surface area contributed by atoms with Gasteiger partial charge in [-0.15, -0.1) is 0 Å². The number of carbonyl (C=O) groups excluding carboxylic acids is 1. The van der Waals surface area contributed by atoms with Crippen LogP contribution in [-0.2, 0) is 0 Å². The van der Waals surface area contributed by atoms with Crippen molar-refractivity contribution in [3.8, 4) is 0 Å². The van der Waals surface area contributed by atoms with E-state index in [2.05, 4.69) is 43.2 Å². The molecule has 0 spiro atoms. The van der Waals surface area contributed by atoms with Crippen molar-refractivity contribution in [1.82, 2.24) is 10.2 Å². The number of rotatable bonds is 9. The Bertz CT molecular complexity index is 411. The predicted octanol–water partition coefficient (Wildman–Crippen LogP) is 2.83. The Morgan fingerprint density at radius 2 is 1.76 bits per heavy atom. The lowest BCUT2D eigenvalue weighted by Gasteiger charge is -2.18. The molecule has 0 saturated heterocycles. The van der Waals surface area contributed by atoms with Crippen molar-refractivity contribution in [2.75, 3.05) is 38.0 Å². The first kappa shape index (κ1) is 17.5. The highest BCUT2D eigenvalue weighted by molar-refractivity contribution is 5.94. The number of likely N-dealkylation sites (N-methyl/N-ethyl adjacent to an activating group) is 1. The molecule has 21 heavy (non-hydrogen) atoms.